The highest BCUT2D eigenvalue weighted by molar-refractivity contribution is 7.90. The Morgan fingerprint density at radius 2 is 1.81 bits per heavy atom. The molecule has 0 atom stereocenters. The second-order valence-corrected chi connectivity index (χ2v) is 9.67. The summed E-state index contributed by atoms with van der Waals surface area (Å²) in [6.07, 6.45) is 2.51. The topological polar surface area (TPSA) is 139 Å². The number of aromatic nitrogens is 3. The molecule has 3 rings (SSSR count). The molecule has 10 nitrogen and oxygen atoms in total. The molecule has 1 saturated heterocycles. The Bertz CT molecular complexity index is 1140. The molecule has 2 heterocycles. The molecule has 1 aromatic carbocycles. The number of nitrogens with one attached hydrogen (secondary N) is 1. The molecule has 0 saturated carbocycles. The molecule has 32 heavy (non-hydrogen) atoms. The maximum Gasteiger partial charge on any atom is 0.309 e. The smallest absolute Gasteiger partial charge is 0.309 e. The molecule has 1 aliphatic rings. The molecule has 1 N–H and O–H groups in total. The van der Waals surface area contributed by atoms with Gasteiger partial charge < -0.3 is 14.6 Å². The zero-order valence-electron chi connectivity index (χ0n) is 18.0. The van der Waals surface area contributed by atoms with Crippen molar-refractivity contribution in [1.29, 1.82) is 0 Å². The maximum atomic E-state index is 12.5. The third kappa shape index (κ3) is 5.78. The predicted molar refractivity (Wildman–Crippen MR) is 115 cm³/mol. The van der Waals surface area contributed by atoms with Crippen LogP contribution in [0.1, 0.15) is 31.9 Å². The molecule has 172 valence electrons. The van der Waals surface area contributed by atoms with E-state index in [0.717, 1.165) is 6.26 Å². The second kappa shape index (κ2) is 10.0. The third-order valence-corrected chi connectivity index (χ3v) is 6.49. The fraction of sp³-hybridized carbons (Fsp3) is 0.476. The van der Waals surface area contributed by atoms with Crippen molar-refractivity contribution in [1.82, 2.24) is 20.1 Å². The summed E-state index contributed by atoms with van der Waals surface area (Å²) >= 11 is 0. The van der Waals surface area contributed by atoms with Gasteiger partial charge in [-0.05, 0) is 44.0 Å². The molecule has 2 aromatic rings. The van der Waals surface area contributed by atoms with E-state index in [4.69, 9.17) is 4.74 Å². The number of amides is 1. The van der Waals surface area contributed by atoms with Crippen LogP contribution in [0.25, 0.3) is 11.4 Å². The fourth-order valence-electron chi connectivity index (χ4n) is 3.52. The first kappa shape index (κ1) is 23.6. The third-order valence-electron chi connectivity index (χ3n) is 5.36. The average molecular weight is 463 g/mol. The number of hydrogen-bond donors (Lipinski definition) is 1. The summed E-state index contributed by atoms with van der Waals surface area (Å²) in [5.74, 6) is -0.278. The standard InChI is InChI=1S/C21H26N4O6S/c1-3-31-21(28)15-10-12-25(13-11-15)18(26)9-8-17-20(27)22-19(24-23-17)14-4-6-16(7-5-14)32(2,29)30/h4-7,15H,3,8-13H2,1-2H3,(H,22,24,27). The first-order valence-electron chi connectivity index (χ1n) is 10.4. The summed E-state index contributed by atoms with van der Waals surface area (Å²) in [5.41, 5.74) is 0.223. The molecule has 1 amide bonds. The lowest BCUT2D eigenvalue weighted by Gasteiger charge is -2.30. The zero-order chi connectivity index (χ0) is 23.3. The van der Waals surface area contributed by atoms with Gasteiger partial charge in [0.25, 0.3) is 5.56 Å². The van der Waals surface area contributed by atoms with Crippen LogP contribution in [0.4, 0.5) is 0 Å². The van der Waals surface area contributed by atoms with Gasteiger partial charge in [0, 0.05) is 37.8 Å². The summed E-state index contributed by atoms with van der Waals surface area (Å²) in [6, 6.07) is 5.95. The minimum absolute atomic E-state index is 0.103. The van der Waals surface area contributed by atoms with Crippen LogP contribution in [0.5, 0.6) is 0 Å². The van der Waals surface area contributed by atoms with Crippen molar-refractivity contribution in [2.45, 2.75) is 37.5 Å². The minimum Gasteiger partial charge on any atom is -0.466 e. The first-order chi connectivity index (χ1) is 15.2. The number of sulfone groups is 1. The number of esters is 1. The van der Waals surface area contributed by atoms with Crippen LogP contribution in [-0.4, -0.2) is 66.3 Å². The van der Waals surface area contributed by atoms with E-state index in [1.54, 1.807) is 24.0 Å². The Kier molecular flexibility index (Phi) is 7.39. The number of piperidine rings is 1. The van der Waals surface area contributed by atoms with Crippen molar-refractivity contribution in [2.75, 3.05) is 26.0 Å². The van der Waals surface area contributed by atoms with Crippen molar-refractivity contribution in [3.05, 3.63) is 40.3 Å². The number of benzene rings is 1. The van der Waals surface area contributed by atoms with Crippen LogP contribution in [0.15, 0.2) is 34.0 Å². The first-order valence-corrected chi connectivity index (χ1v) is 12.3. The Morgan fingerprint density at radius 1 is 1.16 bits per heavy atom. The summed E-state index contributed by atoms with van der Waals surface area (Å²) in [4.78, 5) is 41.2. The lowest BCUT2D eigenvalue weighted by molar-refractivity contribution is -0.151. The van der Waals surface area contributed by atoms with Crippen molar-refractivity contribution >= 4 is 21.7 Å². The van der Waals surface area contributed by atoms with Crippen molar-refractivity contribution in [2.24, 2.45) is 5.92 Å². The summed E-state index contributed by atoms with van der Waals surface area (Å²) in [5, 5.41) is 7.96. The number of carbonyl (C=O) groups excluding carboxylic acids is 2. The number of likely N-dealkylation sites (tertiary alicyclic amines) is 1. The highest BCUT2D eigenvalue weighted by Crippen LogP contribution is 2.20. The van der Waals surface area contributed by atoms with Gasteiger partial charge in [0.05, 0.1) is 17.4 Å². The molecular weight excluding hydrogens is 436 g/mol. The van der Waals surface area contributed by atoms with Gasteiger partial charge in [-0.2, -0.15) is 0 Å². The molecule has 0 spiro atoms. The van der Waals surface area contributed by atoms with E-state index < -0.39 is 15.4 Å². The van der Waals surface area contributed by atoms with E-state index in [-0.39, 0.29) is 47.0 Å². The lowest BCUT2D eigenvalue weighted by Crippen LogP contribution is -2.40. The quantitative estimate of drug-likeness (QED) is 0.601. The van der Waals surface area contributed by atoms with Crippen molar-refractivity contribution in [3.8, 4) is 11.4 Å². The second-order valence-electron chi connectivity index (χ2n) is 7.65. The maximum absolute atomic E-state index is 12.5. The van der Waals surface area contributed by atoms with Crippen molar-refractivity contribution in [3.63, 3.8) is 0 Å². The van der Waals surface area contributed by atoms with Crippen LogP contribution in [-0.2, 0) is 30.6 Å². The Morgan fingerprint density at radius 3 is 2.38 bits per heavy atom. The normalized spacial score (nSPS) is 14.9. The van der Waals surface area contributed by atoms with Crippen molar-refractivity contribution < 1.29 is 22.7 Å². The summed E-state index contributed by atoms with van der Waals surface area (Å²) in [7, 11) is -3.32. The van der Waals surface area contributed by atoms with E-state index in [9.17, 15) is 22.8 Å². The zero-order valence-corrected chi connectivity index (χ0v) is 18.9. The number of aryl methyl sites for hydroxylation is 1. The largest absolute Gasteiger partial charge is 0.466 e. The summed E-state index contributed by atoms with van der Waals surface area (Å²) in [6.45, 7) is 3.07. The van der Waals surface area contributed by atoms with Gasteiger partial charge in [0.15, 0.2) is 15.7 Å². The molecule has 11 heteroatoms. The monoisotopic (exact) mass is 462 g/mol. The van der Waals surface area contributed by atoms with Crippen LogP contribution < -0.4 is 5.56 Å². The van der Waals surface area contributed by atoms with Crippen LogP contribution >= 0.6 is 0 Å². The number of carbonyl (C=O) groups is 2. The summed E-state index contributed by atoms with van der Waals surface area (Å²) < 4.78 is 28.1. The molecule has 1 aromatic heterocycles. The van der Waals surface area contributed by atoms with Gasteiger partial charge in [-0.1, -0.05) is 0 Å². The van der Waals surface area contributed by atoms with Gasteiger partial charge in [-0.3, -0.25) is 14.4 Å². The van der Waals surface area contributed by atoms with E-state index in [1.165, 1.54) is 12.1 Å². The number of hydrogen-bond acceptors (Lipinski definition) is 8. The van der Waals surface area contributed by atoms with Gasteiger partial charge >= 0.3 is 5.97 Å². The van der Waals surface area contributed by atoms with Gasteiger partial charge in [-0.15, -0.1) is 10.2 Å². The molecule has 0 unspecified atom stereocenters. The van der Waals surface area contributed by atoms with E-state index in [2.05, 4.69) is 15.2 Å². The molecule has 0 aliphatic carbocycles. The predicted octanol–water partition coefficient (Wildman–Crippen LogP) is 0.970. The lowest BCUT2D eigenvalue weighted by atomic mass is 9.96. The highest BCUT2D eigenvalue weighted by Gasteiger charge is 2.28. The molecular formula is C21H26N4O6S. The van der Waals surface area contributed by atoms with Crippen LogP contribution in [0.3, 0.4) is 0 Å². The Labute approximate surface area is 185 Å². The molecule has 0 radical (unpaired) electrons. The van der Waals surface area contributed by atoms with Crippen LogP contribution in [0.2, 0.25) is 0 Å². The van der Waals surface area contributed by atoms with E-state index >= 15 is 0 Å². The Balaban J connectivity index is 1.57. The molecule has 1 aliphatic heterocycles. The van der Waals surface area contributed by atoms with Gasteiger partial charge in [-0.25, -0.2) is 8.42 Å². The number of nitrogens with zero attached hydrogens (tertiary/aromatic N) is 3. The number of rotatable bonds is 7. The van der Waals surface area contributed by atoms with Crippen LogP contribution in [0, 0.1) is 5.92 Å². The number of H-pyrrole nitrogens is 1. The SMILES string of the molecule is CCOC(=O)C1CCN(C(=O)CCc2nnc(-c3ccc(S(C)(=O)=O)cc3)[nH]c2=O)CC1. The minimum atomic E-state index is -3.32. The Hall–Kier alpha value is -3.08. The molecule has 0 bridgehead atoms. The van der Waals surface area contributed by atoms with E-state index in [0.29, 0.717) is 38.1 Å². The average Bonchev–Trinajstić information content (AvgIpc) is 2.78. The number of ether oxygens (including phenoxy) is 1. The highest BCUT2D eigenvalue weighted by atomic mass is 32.2. The number of aromatic amines is 1. The van der Waals surface area contributed by atoms with E-state index in [1.807, 2.05) is 0 Å². The molecule has 1 fully saturated rings. The van der Waals surface area contributed by atoms with Gasteiger partial charge in [0.1, 0.15) is 5.69 Å². The van der Waals surface area contributed by atoms with Gasteiger partial charge in [0.2, 0.25) is 5.91 Å². The fourth-order valence-corrected chi connectivity index (χ4v) is 4.15.